The van der Waals surface area contributed by atoms with E-state index in [9.17, 15) is 14.4 Å². The molecule has 2 amide bonds. The molecule has 1 aliphatic rings. The minimum atomic E-state index is -0.560. The number of thioether (sulfide) groups is 1. The van der Waals surface area contributed by atoms with Crippen LogP contribution in [0.15, 0.2) is 42.6 Å². The molecule has 0 bridgehead atoms. The van der Waals surface area contributed by atoms with Gasteiger partial charge in [0.1, 0.15) is 23.8 Å². The maximum Gasteiger partial charge on any atom is 0.338 e. The summed E-state index contributed by atoms with van der Waals surface area (Å²) in [6.07, 6.45) is 2.08. The van der Waals surface area contributed by atoms with Crippen LogP contribution in [-0.2, 0) is 16.0 Å². The van der Waals surface area contributed by atoms with Crippen molar-refractivity contribution in [3.63, 3.8) is 0 Å². The Hall–Kier alpha value is -3.07. The van der Waals surface area contributed by atoms with Crippen molar-refractivity contribution in [2.24, 2.45) is 0 Å². The smallest absolute Gasteiger partial charge is 0.338 e. The Bertz CT molecular complexity index is 988. The van der Waals surface area contributed by atoms with Crippen LogP contribution in [0.4, 0.5) is 10.6 Å². The first-order chi connectivity index (χ1) is 15.1. The molecule has 1 aromatic heterocycles. The molecular formula is C23H27N3O5S. The van der Waals surface area contributed by atoms with Gasteiger partial charge in [-0.25, -0.2) is 9.78 Å². The topological polar surface area (TPSA) is 97.8 Å². The number of carbonyl (C=O) groups excluding carboxylic acids is 3. The number of nitrogens with zero attached hydrogens (tertiary/aromatic N) is 2. The lowest BCUT2D eigenvalue weighted by atomic mass is 10.1. The Morgan fingerprint density at radius 2 is 1.91 bits per heavy atom. The van der Waals surface area contributed by atoms with Crippen LogP contribution in [0.1, 0.15) is 36.7 Å². The van der Waals surface area contributed by atoms with Crippen molar-refractivity contribution in [3.8, 4) is 5.75 Å². The molecule has 170 valence electrons. The number of hydrogen-bond donors (Lipinski definition) is 1. The average Bonchev–Trinajstić information content (AvgIpc) is 3.04. The molecule has 0 saturated carbocycles. The molecule has 1 saturated heterocycles. The summed E-state index contributed by atoms with van der Waals surface area (Å²) in [6.45, 7) is 6.47. The monoisotopic (exact) mass is 457 g/mol. The van der Waals surface area contributed by atoms with E-state index in [1.165, 1.54) is 0 Å². The Kier molecular flexibility index (Phi) is 7.40. The Morgan fingerprint density at radius 1 is 1.19 bits per heavy atom. The number of pyridine rings is 1. The van der Waals surface area contributed by atoms with E-state index in [-0.39, 0.29) is 22.4 Å². The van der Waals surface area contributed by atoms with Crippen LogP contribution < -0.4 is 15.0 Å². The third-order valence-electron chi connectivity index (χ3n) is 4.58. The van der Waals surface area contributed by atoms with Crippen LogP contribution in [0.3, 0.4) is 0 Å². The number of rotatable bonds is 8. The largest absolute Gasteiger partial charge is 0.492 e. The van der Waals surface area contributed by atoms with E-state index in [0.717, 1.165) is 17.3 Å². The van der Waals surface area contributed by atoms with E-state index in [4.69, 9.17) is 9.47 Å². The van der Waals surface area contributed by atoms with Gasteiger partial charge in [-0.2, -0.15) is 0 Å². The lowest BCUT2D eigenvalue weighted by Gasteiger charge is -2.21. The van der Waals surface area contributed by atoms with Crippen molar-refractivity contribution >= 4 is 34.7 Å². The molecule has 9 heteroatoms. The van der Waals surface area contributed by atoms with Gasteiger partial charge in [-0.05, 0) is 57.0 Å². The second kappa shape index (κ2) is 10.0. The van der Waals surface area contributed by atoms with E-state index in [1.54, 1.807) is 18.3 Å². The first-order valence-corrected chi connectivity index (χ1v) is 11.1. The second-order valence-electron chi connectivity index (χ2n) is 8.41. The molecule has 1 aliphatic heterocycles. The van der Waals surface area contributed by atoms with Gasteiger partial charge in [0.05, 0.1) is 17.4 Å². The number of hydrogen-bond acceptors (Lipinski definition) is 8. The lowest BCUT2D eigenvalue weighted by molar-refractivity contribution is -0.118. The Balaban J connectivity index is 1.49. The van der Waals surface area contributed by atoms with Gasteiger partial charge in [0, 0.05) is 13.2 Å². The second-order valence-corrected chi connectivity index (χ2v) is 9.58. The SMILES string of the molecule is CN(CCOc1ccc(CC2SC(=O)NC2=O)cc1)c1cc(C(=O)OC(C)(C)C)ccn1. The third-order valence-corrected chi connectivity index (χ3v) is 5.56. The fourth-order valence-corrected chi connectivity index (χ4v) is 3.83. The fourth-order valence-electron chi connectivity index (χ4n) is 2.97. The summed E-state index contributed by atoms with van der Waals surface area (Å²) < 4.78 is 11.2. The summed E-state index contributed by atoms with van der Waals surface area (Å²) in [5.74, 6) is 0.725. The molecule has 0 aliphatic carbocycles. The first-order valence-electron chi connectivity index (χ1n) is 10.2. The normalized spacial score (nSPS) is 15.9. The van der Waals surface area contributed by atoms with Gasteiger partial charge in [-0.15, -0.1) is 0 Å². The maximum absolute atomic E-state index is 12.3. The molecule has 1 unspecified atom stereocenters. The predicted octanol–water partition coefficient (Wildman–Crippen LogP) is 3.45. The lowest BCUT2D eigenvalue weighted by Crippen LogP contribution is -2.26. The number of carbonyl (C=O) groups is 3. The molecule has 2 heterocycles. The number of anilines is 1. The molecule has 32 heavy (non-hydrogen) atoms. The highest BCUT2D eigenvalue weighted by Crippen LogP contribution is 2.24. The number of ether oxygens (including phenoxy) is 2. The van der Waals surface area contributed by atoms with Gasteiger partial charge < -0.3 is 14.4 Å². The van der Waals surface area contributed by atoms with Crippen LogP contribution in [0.25, 0.3) is 0 Å². The van der Waals surface area contributed by atoms with Gasteiger partial charge in [-0.1, -0.05) is 23.9 Å². The molecule has 2 aromatic rings. The minimum absolute atomic E-state index is 0.243. The van der Waals surface area contributed by atoms with Crippen LogP contribution in [0, 0.1) is 0 Å². The molecule has 3 rings (SSSR count). The van der Waals surface area contributed by atoms with Crippen molar-refractivity contribution in [2.75, 3.05) is 25.1 Å². The Morgan fingerprint density at radius 3 is 2.53 bits per heavy atom. The summed E-state index contributed by atoms with van der Waals surface area (Å²) in [5.41, 5.74) is 0.847. The van der Waals surface area contributed by atoms with Gasteiger partial charge in [0.15, 0.2) is 0 Å². The molecule has 1 N–H and O–H groups in total. The zero-order valence-corrected chi connectivity index (χ0v) is 19.4. The van der Waals surface area contributed by atoms with E-state index in [2.05, 4.69) is 10.3 Å². The molecular weight excluding hydrogens is 430 g/mol. The van der Waals surface area contributed by atoms with Crippen molar-refractivity contribution in [3.05, 3.63) is 53.7 Å². The molecule has 1 aromatic carbocycles. The maximum atomic E-state index is 12.3. The van der Waals surface area contributed by atoms with Crippen LogP contribution in [-0.4, -0.2) is 53.1 Å². The summed E-state index contributed by atoms with van der Waals surface area (Å²) in [5, 5.41) is 1.62. The summed E-state index contributed by atoms with van der Waals surface area (Å²) in [7, 11) is 1.87. The number of likely N-dealkylation sites (N-methyl/N-ethyl adjacent to an activating group) is 1. The zero-order chi connectivity index (χ0) is 23.3. The zero-order valence-electron chi connectivity index (χ0n) is 18.6. The summed E-state index contributed by atoms with van der Waals surface area (Å²) >= 11 is 1.02. The highest BCUT2D eigenvalue weighted by atomic mass is 32.2. The standard InChI is InChI=1S/C23H27N3O5S/c1-23(2,3)31-21(28)16-9-10-24-19(14-16)26(4)11-12-30-17-7-5-15(6-8-17)13-18-20(27)25-22(29)32-18/h5-10,14,18H,11-13H2,1-4H3,(H,25,27,29). The fraction of sp³-hybridized carbons (Fsp3) is 0.391. The summed E-state index contributed by atoms with van der Waals surface area (Å²) in [6, 6.07) is 10.8. The third kappa shape index (κ3) is 6.71. The van der Waals surface area contributed by atoms with Gasteiger partial charge in [0.2, 0.25) is 5.91 Å². The molecule has 0 spiro atoms. The van der Waals surface area contributed by atoms with Crippen molar-refractivity contribution in [2.45, 2.75) is 38.0 Å². The predicted molar refractivity (Wildman–Crippen MR) is 123 cm³/mol. The minimum Gasteiger partial charge on any atom is -0.492 e. The number of benzene rings is 1. The first kappa shape index (κ1) is 23.6. The number of nitrogens with one attached hydrogen (secondary N) is 1. The van der Waals surface area contributed by atoms with Gasteiger partial charge in [-0.3, -0.25) is 14.9 Å². The average molecular weight is 458 g/mol. The Labute approximate surface area is 191 Å². The number of amides is 2. The molecule has 1 atom stereocenters. The summed E-state index contributed by atoms with van der Waals surface area (Å²) in [4.78, 5) is 41.4. The van der Waals surface area contributed by atoms with Crippen LogP contribution >= 0.6 is 11.8 Å². The van der Waals surface area contributed by atoms with Crippen molar-refractivity contribution < 1.29 is 23.9 Å². The van der Waals surface area contributed by atoms with Crippen LogP contribution in [0.2, 0.25) is 0 Å². The highest BCUT2D eigenvalue weighted by Gasteiger charge is 2.31. The number of imide groups is 1. The van der Waals surface area contributed by atoms with Crippen molar-refractivity contribution in [1.82, 2.24) is 10.3 Å². The molecule has 0 radical (unpaired) electrons. The molecule has 8 nitrogen and oxygen atoms in total. The van der Waals surface area contributed by atoms with Crippen LogP contribution in [0.5, 0.6) is 5.75 Å². The highest BCUT2D eigenvalue weighted by molar-refractivity contribution is 8.15. The van der Waals surface area contributed by atoms with Crippen molar-refractivity contribution in [1.29, 1.82) is 0 Å². The van der Waals surface area contributed by atoms with E-state index in [1.807, 2.05) is 57.0 Å². The van der Waals surface area contributed by atoms with E-state index >= 15 is 0 Å². The number of aromatic nitrogens is 1. The van der Waals surface area contributed by atoms with Gasteiger partial charge in [0.25, 0.3) is 5.24 Å². The quantitative estimate of drug-likeness (QED) is 0.602. The van der Waals surface area contributed by atoms with E-state index in [0.29, 0.717) is 36.7 Å². The van der Waals surface area contributed by atoms with E-state index < -0.39 is 5.60 Å². The number of esters is 1. The molecule has 1 fully saturated rings. The van der Waals surface area contributed by atoms with Gasteiger partial charge >= 0.3 is 5.97 Å².